The van der Waals surface area contributed by atoms with Crippen LogP contribution >= 0.6 is 0 Å². The van der Waals surface area contributed by atoms with Gasteiger partial charge in [0.2, 0.25) is 0 Å². The lowest BCUT2D eigenvalue weighted by Gasteiger charge is -2.37. The first-order chi connectivity index (χ1) is 6.13. The van der Waals surface area contributed by atoms with Crippen molar-refractivity contribution in [1.29, 1.82) is 0 Å². The summed E-state index contributed by atoms with van der Waals surface area (Å²) in [7, 11) is 0. The molecule has 0 heterocycles. The Morgan fingerprint density at radius 1 is 1.15 bits per heavy atom. The van der Waals surface area contributed by atoms with E-state index in [1.54, 1.807) is 0 Å². The zero-order chi connectivity index (χ0) is 10.3. The molecule has 1 atom stereocenters. The molecule has 13 heavy (non-hydrogen) atoms. The van der Waals surface area contributed by atoms with Crippen molar-refractivity contribution in [3.63, 3.8) is 0 Å². The molecular formula is C11H25NO. The van der Waals surface area contributed by atoms with Gasteiger partial charge in [-0.25, -0.2) is 0 Å². The van der Waals surface area contributed by atoms with Crippen molar-refractivity contribution in [3.8, 4) is 0 Å². The average molecular weight is 187 g/mol. The van der Waals surface area contributed by atoms with Gasteiger partial charge in [0.15, 0.2) is 0 Å². The van der Waals surface area contributed by atoms with Gasteiger partial charge in [0, 0.05) is 12.6 Å². The van der Waals surface area contributed by atoms with Crippen LogP contribution in [-0.4, -0.2) is 17.8 Å². The molecule has 3 N–H and O–H groups in total. The summed E-state index contributed by atoms with van der Waals surface area (Å²) < 4.78 is 0. The fraction of sp³-hybridized carbons (Fsp3) is 1.00. The zero-order valence-corrected chi connectivity index (χ0v) is 9.34. The maximum Gasteiger partial charge on any atom is 0.0436 e. The largest absolute Gasteiger partial charge is 0.396 e. The number of rotatable bonds is 7. The summed E-state index contributed by atoms with van der Waals surface area (Å²) in [5.74, 6) is 0. The first-order valence-electron chi connectivity index (χ1n) is 5.49. The van der Waals surface area contributed by atoms with Crippen LogP contribution in [0.2, 0.25) is 0 Å². The van der Waals surface area contributed by atoms with E-state index in [0.29, 0.717) is 0 Å². The van der Waals surface area contributed by atoms with Gasteiger partial charge in [0.05, 0.1) is 0 Å². The van der Waals surface area contributed by atoms with E-state index in [9.17, 15) is 0 Å². The lowest BCUT2D eigenvalue weighted by Crippen LogP contribution is -2.40. The summed E-state index contributed by atoms with van der Waals surface area (Å²) in [5, 5.41) is 9.05. The maximum absolute atomic E-state index is 9.05. The van der Waals surface area contributed by atoms with Crippen LogP contribution in [0, 0.1) is 5.41 Å². The van der Waals surface area contributed by atoms with Crippen molar-refractivity contribution in [3.05, 3.63) is 0 Å². The Morgan fingerprint density at radius 2 is 1.62 bits per heavy atom. The molecule has 0 aromatic carbocycles. The van der Waals surface area contributed by atoms with Gasteiger partial charge in [-0.3, -0.25) is 0 Å². The molecule has 80 valence electrons. The molecule has 2 heteroatoms. The molecule has 0 saturated carbocycles. The van der Waals surface area contributed by atoms with E-state index in [4.69, 9.17) is 10.8 Å². The number of aliphatic hydroxyl groups is 1. The van der Waals surface area contributed by atoms with Gasteiger partial charge >= 0.3 is 0 Å². The predicted octanol–water partition coefficient (Wildman–Crippen LogP) is 2.30. The third-order valence-electron chi connectivity index (χ3n) is 3.07. The number of nitrogens with two attached hydrogens (primary N) is 1. The van der Waals surface area contributed by atoms with Crippen LogP contribution in [0.4, 0.5) is 0 Å². The summed E-state index contributed by atoms with van der Waals surface area (Å²) >= 11 is 0. The van der Waals surface area contributed by atoms with E-state index in [0.717, 1.165) is 32.1 Å². The highest BCUT2D eigenvalue weighted by Gasteiger charge is 2.31. The lowest BCUT2D eigenvalue weighted by atomic mass is 9.72. The van der Waals surface area contributed by atoms with E-state index in [1.165, 1.54) is 0 Å². The highest BCUT2D eigenvalue weighted by molar-refractivity contribution is 4.85. The smallest absolute Gasteiger partial charge is 0.0436 e. The van der Waals surface area contributed by atoms with Gasteiger partial charge in [-0.1, -0.05) is 26.7 Å². The Labute approximate surface area is 82.5 Å². The minimum absolute atomic E-state index is 0.179. The first-order valence-corrected chi connectivity index (χ1v) is 5.49. The summed E-state index contributed by atoms with van der Waals surface area (Å²) in [5.41, 5.74) is 6.20. The van der Waals surface area contributed by atoms with Gasteiger partial charge in [0.1, 0.15) is 0 Å². The first kappa shape index (κ1) is 12.9. The molecule has 0 spiro atoms. The van der Waals surface area contributed by atoms with Gasteiger partial charge in [-0.05, 0) is 31.6 Å². The fourth-order valence-corrected chi connectivity index (χ4v) is 2.28. The molecule has 0 radical (unpaired) electrons. The molecule has 0 bridgehead atoms. The minimum atomic E-state index is 0.179. The van der Waals surface area contributed by atoms with Crippen LogP contribution in [-0.2, 0) is 0 Å². The van der Waals surface area contributed by atoms with Crippen LogP contribution in [0.1, 0.15) is 52.9 Å². The molecular weight excluding hydrogens is 162 g/mol. The van der Waals surface area contributed by atoms with E-state index < -0.39 is 0 Å². The Bertz CT molecular complexity index is 106. The van der Waals surface area contributed by atoms with Crippen molar-refractivity contribution < 1.29 is 5.11 Å². The monoisotopic (exact) mass is 187 g/mol. The van der Waals surface area contributed by atoms with Crippen molar-refractivity contribution >= 4 is 0 Å². The second-order valence-electron chi connectivity index (χ2n) is 4.12. The molecule has 0 amide bonds. The van der Waals surface area contributed by atoms with Gasteiger partial charge < -0.3 is 10.8 Å². The van der Waals surface area contributed by atoms with Crippen molar-refractivity contribution in [2.45, 2.75) is 58.9 Å². The second kappa shape index (κ2) is 6.39. The highest BCUT2D eigenvalue weighted by atomic mass is 16.3. The van der Waals surface area contributed by atoms with E-state index in [1.807, 2.05) is 0 Å². The molecule has 0 aromatic rings. The highest BCUT2D eigenvalue weighted by Crippen LogP contribution is 2.36. The standard InChI is InChI=1S/C11H25NO/c1-4-6-11(7-5-2,8-9-13)10(3)12/h10,13H,4-9,12H2,1-3H3. The fourth-order valence-electron chi connectivity index (χ4n) is 2.28. The molecule has 0 saturated heterocycles. The molecule has 0 rings (SSSR count). The third kappa shape index (κ3) is 3.65. The SMILES string of the molecule is CCCC(CCC)(CCO)C(C)N. The van der Waals surface area contributed by atoms with Gasteiger partial charge in [-0.2, -0.15) is 0 Å². The Morgan fingerprint density at radius 3 is 1.85 bits per heavy atom. The topological polar surface area (TPSA) is 46.2 Å². The summed E-state index contributed by atoms with van der Waals surface area (Å²) in [6.45, 7) is 6.71. The third-order valence-corrected chi connectivity index (χ3v) is 3.07. The van der Waals surface area contributed by atoms with Crippen LogP contribution < -0.4 is 5.73 Å². The van der Waals surface area contributed by atoms with Crippen molar-refractivity contribution in [2.24, 2.45) is 11.1 Å². The predicted molar refractivity (Wildman–Crippen MR) is 57.6 cm³/mol. The Kier molecular flexibility index (Phi) is 6.35. The zero-order valence-electron chi connectivity index (χ0n) is 9.34. The van der Waals surface area contributed by atoms with Crippen LogP contribution in [0.15, 0.2) is 0 Å². The minimum Gasteiger partial charge on any atom is -0.396 e. The van der Waals surface area contributed by atoms with Crippen molar-refractivity contribution in [2.75, 3.05) is 6.61 Å². The number of hydrogen-bond acceptors (Lipinski definition) is 2. The van der Waals surface area contributed by atoms with Crippen LogP contribution in [0.25, 0.3) is 0 Å². The van der Waals surface area contributed by atoms with Crippen molar-refractivity contribution in [1.82, 2.24) is 0 Å². The molecule has 0 fully saturated rings. The number of hydrogen-bond donors (Lipinski definition) is 2. The van der Waals surface area contributed by atoms with Crippen LogP contribution in [0.5, 0.6) is 0 Å². The molecule has 0 aliphatic heterocycles. The average Bonchev–Trinajstić information content (AvgIpc) is 2.05. The molecule has 1 unspecified atom stereocenters. The molecule has 0 aliphatic carbocycles. The van der Waals surface area contributed by atoms with E-state index in [2.05, 4.69) is 20.8 Å². The summed E-state index contributed by atoms with van der Waals surface area (Å²) in [6.07, 6.45) is 5.44. The molecule has 0 aliphatic rings. The van der Waals surface area contributed by atoms with E-state index in [-0.39, 0.29) is 18.1 Å². The molecule has 0 aromatic heterocycles. The maximum atomic E-state index is 9.05. The Balaban J connectivity index is 4.38. The molecule has 2 nitrogen and oxygen atoms in total. The van der Waals surface area contributed by atoms with Gasteiger partial charge in [-0.15, -0.1) is 0 Å². The summed E-state index contributed by atoms with van der Waals surface area (Å²) in [6, 6.07) is 0.194. The van der Waals surface area contributed by atoms with E-state index >= 15 is 0 Å². The normalized spacial score (nSPS) is 14.5. The van der Waals surface area contributed by atoms with Crippen LogP contribution in [0.3, 0.4) is 0 Å². The quantitative estimate of drug-likeness (QED) is 0.642. The Hall–Kier alpha value is -0.0800. The second-order valence-corrected chi connectivity index (χ2v) is 4.12. The summed E-state index contributed by atoms with van der Waals surface area (Å²) in [4.78, 5) is 0. The van der Waals surface area contributed by atoms with Gasteiger partial charge in [0.25, 0.3) is 0 Å². The lowest BCUT2D eigenvalue weighted by molar-refractivity contribution is 0.128. The number of aliphatic hydroxyl groups excluding tert-OH is 1.